The van der Waals surface area contributed by atoms with Gasteiger partial charge >= 0.3 is 0 Å². The molecule has 2 amide bonds. The molecule has 28 heavy (non-hydrogen) atoms. The summed E-state index contributed by atoms with van der Waals surface area (Å²) in [6, 6.07) is 21.7. The summed E-state index contributed by atoms with van der Waals surface area (Å²) in [5.74, 6) is -0.233. The summed E-state index contributed by atoms with van der Waals surface area (Å²) in [4.78, 5) is 27.0. The Kier molecular flexibility index (Phi) is 4.92. The fourth-order valence-electron chi connectivity index (χ4n) is 3.45. The number of amides is 2. The van der Waals surface area contributed by atoms with Gasteiger partial charge in [0, 0.05) is 17.1 Å². The number of nitrogens with zero attached hydrogens (tertiary/aromatic N) is 2. The number of imide groups is 1. The monoisotopic (exact) mass is 388 g/mol. The molecule has 5 heteroatoms. The number of hydrogen-bond acceptors (Lipinski definition) is 3. The van der Waals surface area contributed by atoms with Gasteiger partial charge in [-0.1, -0.05) is 48.5 Å². The Bertz CT molecular complexity index is 1070. The van der Waals surface area contributed by atoms with E-state index in [-0.39, 0.29) is 11.1 Å². The largest absolute Gasteiger partial charge is 0.318 e. The highest BCUT2D eigenvalue weighted by Crippen LogP contribution is 2.34. The van der Waals surface area contributed by atoms with Gasteiger partial charge in [-0.3, -0.25) is 14.5 Å². The zero-order valence-corrected chi connectivity index (χ0v) is 16.6. The number of carbonyl (C=O) groups excluding carboxylic acids is 2. The van der Waals surface area contributed by atoms with Crippen molar-refractivity contribution in [1.29, 1.82) is 0 Å². The highest BCUT2D eigenvalue weighted by molar-refractivity contribution is 8.18. The maximum atomic E-state index is 12.8. The van der Waals surface area contributed by atoms with E-state index in [1.165, 1.54) is 4.90 Å². The van der Waals surface area contributed by atoms with Crippen LogP contribution < -0.4 is 0 Å². The molecule has 1 saturated heterocycles. The van der Waals surface area contributed by atoms with E-state index in [2.05, 4.69) is 16.7 Å². The molecule has 0 atom stereocenters. The van der Waals surface area contributed by atoms with Crippen LogP contribution >= 0.6 is 11.8 Å². The van der Waals surface area contributed by atoms with Crippen molar-refractivity contribution in [2.45, 2.75) is 20.4 Å². The second-order valence-electron chi connectivity index (χ2n) is 6.75. The van der Waals surface area contributed by atoms with Gasteiger partial charge < -0.3 is 4.57 Å². The molecule has 1 aliphatic rings. The Morgan fingerprint density at radius 2 is 1.57 bits per heavy atom. The molecule has 140 valence electrons. The summed E-state index contributed by atoms with van der Waals surface area (Å²) in [7, 11) is 0. The van der Waals surface area contributed by atoms with Crippen molar-refractivity contribution in [1.82, 2.24) is 9.47 Å². The van der Waals surface area contributed by atoms with E-state index >= 15 is 0 Å². The molecule has 0 aliphatic carbocycles. The molecule has 0 N–H and O–H groups in total. The highest BCUT2D eigenvalue weighted by atomic mass is 32.2. The third-order valence-electron chi connectivity index (χ3n) is 4.83. The first-order chi connectivity index (χ1) is 13.5. The standard InChI is InChI=1S/C23H20N2O2S/c1-16-13-19(17(2)25(16)20-11-7-4-8-12-20)14-21-22(26)24(23(27)28-21)15-18-9-5-3-6-10-18/h3-14H,15H2,1-2H3/b21-14-. The SMILES string of the molecule is Cc1cc(/C=C2\SC(=O)N(Cc3ccccc3)C2=O)c(C)n1-c1ccccc1. The Morgan fingerprint density at radius 1 is 0.929 bits per heavy atom. The lowest BCUT2D eigenvalue weighted by atomic mass is 10.2. The lowest BCUT2D eigenvalue weighted by Crippen LogP contribution is -2.27. The average Bonchev–Trinajstić information content (AvgIpc) is 3.13. The van der Waals surface area contributed by atoms with Gasteiger partial charge in [-0.25, -0.2) is 0 Å². The van der Waals surface area contributed by atoms with E-state index in [9.17, 15) is 9.59 Å². The molecular formula is C23H20N2O2S. The Balaban J connectivity index is 1.63. The number of benzene rings is 2. The molecular weight excluding hydrogens is 368 g/mol. The van der Waals surface area contributed by atoms with Gasteiger partial charge in [0.15, 0.2) is 0 Å². The third kappa shape index (κ3) is 3.41. The molecule has 0 bridgehead atoms. The zero-order valence-electron chi connectivity index (χ0n) is 15.8. The normalized spacial score (nSPS) is 15.6. The van der Waals surface area contributed by atoms with Crippen LogP contribution in [0.5, 0.6) is 0 Å². The second-order valence-corrected chi connectivity index (χ2v) is 7.74. The van der Waals surface area contributed by atoms with E-state index in [1.807, 2.05) is 74.5 Å². The predicted octanol–water partition coefficient (Wildman–Crippen LogP) is 5.33. The molecule has 0 radical (unpaired) electrons. The summed E-state index contributed by atoms with van der Waals surface area (Å²) in [5, 5.41) is -0.225. The van der Waals surface area contributed by atoms with Crippen LogP contribution in [0.4, 0.5) is 4.79 Å². The average molecular weight is 388 g/mol. The maximum Gasteiger partial charge on any atom is 0.293 e. The first-order valence-electron chi connectivity index (χ1n) is 9.08. The van der Waals surface area contributed by atoms with Crippen molar-refractivity contribution in [3.63, 3.8) is 0 Å². The molecule has 2 heterocycles. The van der Waals surface area contributed by atoms with E-state index in [4.69, 9.17) is 0 Å². The van der Waals surface area contributed by atoms with Crippen molar-refractivity contribution < 1.29 is 9.59 Å². The zero-order chi connectivity index (χ0) is 19.7. The second kappa shape index (κ2) is 7.52. The quantitative estimate of drug-likeness (QED) is 0.567. The van der Waals surface area contributed by atoms with Crippen LogP contribution in [-0.4, -0.2) is 20.6 Å². The van der Waals surface area contributed by atoms with Crippen molar-refractivity contribution in [2.24, 2.45) is 0 Å². The van der Waals surface area contributed by atoms with Gasteiger partial charge in [0.2, 0.25) is 0 Å². The molecule has 4 nitrogen and oxygen atoms in total. The molecule has 3 aromatic rings. The smallest absolute Gasteiger partial charge is 0.293 e. The van der Waals surface area contributed by atoms with E-state index in [1.54, 1.807) is 0 Å². The van der Waals surface area contributed by atoms with Gasteiger partial charge in [0.25, 0.3) is 11.1 Å². The predicted molar refractivity (Wildman–Crippen MR) is 113 cm³/mol. The fourth-order valence-corrected chi connectivity index (χ4v) is 4.28. The van der Waals surface area contributed by atoms with E-state index in [0.717, 1.165) is 40.0 Å². The molecule has 4 rings (SSSR count). The molecule has 0 saturated carbocycles. The number of aromatic nitrogens is 1. The maximum absolute atomic E-state index is 12.8. The van der Waals surface area contributed by atoms with Crippen LogP contribution in [0.25, 0.3) is 11.8 Å². The molecule has 1 aliphatic heterocycles. The van der Waals surface area contributed by atoms with Gasteiger partial charge in [-0.15, -0.1) is 0 Å². The summed E-state index contributed by atoms with van der Waals surface area (Å²) in [6.07, 6.45) is 1.83. The van der Waals surface area contributed by atoms with Gasteiger partial charge in [-0.2, -0.15) is 0 Å². The summed E-state index contributed by atoms with van der Waals surface area (Å²) >= 11 is 1.00. The minimum absolute atomic E-state index is 0.225. The molecule has 1 fully saturated rings. The number of rotatable bonds is 4. The van der Waals surface area contributed by atoms with Crippen LogP contribution in [0.15, 0.2) is 71.6 Å². The molecule has 0 unspecified atom stereocenters. The minimum Gasteiger partial charge on any atom is -0.318 e. The number of thioether (sulfide) groups is 1. The van der Waals surface area contributed by atoms with Crippen molar-refractivity contribution in [3.8, 4) is 5.69 Å². The number of hydrogen-bond donors (Lipinski definition) is 0. The minimum atomic E-state index is -0.233. The van der Waals surface area contributed by atoms with Crippen LogP contribution in [0.2, 0.25) is 0 Å². The Morgan fingerprint density at radius 3 is 2.25 bits per heavy atom. The first kappa shape index (κ1) is 18.3. The van der Waals surface area contributed by atoms with Crippen LogP contribution in [0.1, 0.15) is 22.5 Å². The highest BCUT2D eigenvalue weighted by Gasteiger charge is 2.35. The van der Waals surface area contributed by atoms with Crippen LogP contribution in [0, 0.1) is 13.8 Å². The van der Waals surface area contributed by atoms with Crippen molar-refractivity contribution in [3.05, 3.63) is 94.1 Å². The first-order valence-corrected chi connectivity index (χ1v) is 9.90. The fraction of sp³-hybridized carbons (Fsp3) is 0.130. The van der Waals surface area contributed by atoms with Gasteiger partial charge in [0.05, 0.1) is 11.4 Å². The lowest BCUT2D eigenvalue weighted by molar-refractivity contribution is -0.123. The third-order valence-corrected chi connectivity index (χ3v) is 5.74. The van der Waals surface area contributed by atoms with Crippen LogP contribution in [0.3, 0.4) is 0 Å². The van der Waals surface area contributed by atoms with Gasteiger partial charge in [0.1, 0.15) is 0 Å². The van der Waals surface area contributed by atoms with Crippen LogP contribution in [-0.2, 0) is 11.3 Å². The Labute approximate surface area is 168 Å². The summed E-state index contributed by atoms with van der Waals surface area (Å²) in [5.41, 5.74) is 5.09. The van der Waals surface area contributed by atoms with Crippen molar-refractivity contribution >= 4 is 29.0 Å². The van der Waals surface area contributed by atoms with Gasteiger partial charge in [-0.05, 0) is 61.0 Å². The number of carbonyl (C=O) groups is 2. The topological polar surface area (TPSA) is 42.3 Å². The summed E-state index contributed by atoms with van der Waals surface area (Å²) < 4.78 is 2.15. The summed E-state index contributed by atoms with van der Waals surface area (Å²) in [6.45, 7) is 4.37. The van der Waals surface area contributed by atoms with Crippen molar-refractivity contribution in [2.75, 3.05) is 0 Å². The molecule has 1 aromatic heterocycles. The van der Waals surface area contributed by atoms with E-state index < -0.39 is 0 Å². The lowest BCUT2D eigenvalue weighted by Gasteiger charge is -2.12. The number of aryl methyl sites for hydroxylation is 1. The van der Waals surface area contributed by atoms with E-state index in [0.29, 0.717) is 11.4 Å². The molecule has 0 spiro atoms. The molecule has 2 aromatic carbocycles. The number of para-hydroxylation sites is 1. The Hall–Kier alpha value is -3.05.